The quantitative estimate of drug-likeness (QED) is 0.651. The molecule has 2 unspecified atom stereocenters. The number of carboxylic acids is 1. The molecule has 19 heavy (non-hydrogen) atoms. The molecule has 1 saturated carbocycles. The van der Waals surface area contributed by atoms with Gasteiger partial charge >= 0.3 is 5.97 Å². The second-order valence-electron chi connectivity index (χ2n) is 6.75. The Balaban J connectivity index is 2.56. The number of aliphatic carboxylic acids is 1. The zero-order valence-corrected chi connectivity index (χ0v) is 12.1. The number of carbonyl (C=O) groups excluding carboxylic acids is 1. The van der Waals surface area contributed by atoms with E-state index in [1.54, 1.807) is 0 Å². The fourth-order valence-corrected chi connectivity index (χ4v) is 2.35. The molecule has 4 N–H and O–H groups in total. The molecule has 1 fully saturated rings. The third-order valence-electron chi connectivity index (χ3n) is 3.43. The van der Waals surface area contributed by atoms with E-state index in [0.29, 0.717) is 18.9 Å². The lowest BCUT2D eigenvalue weighted by atomic mass is 9.84. The van der Waals surface area contributed by atoms with Crippen molar-refractivity contribution in [2.45, 2.75) is 52.5 Å². The number of hydrogen-bond acceptors (Lipinski definition) is 3. The van der Waals surface area contributed by atoms with Crippen molar-refractivity contribution >= 4 is 11.9 Å². The average molecular weight is 270 g/mol. The van der Waals surface area contributed by atoms with E-state index in [4.69, 9.17) is 10.8 Å². The molecule has 1 amide bonds. The van der Waals surface area contributed by atoms with Crippen LogP contribution in [-0.2, 0) is 9.59 Å². The summed E-state index contributed by atoms with van der Waals surface area (Å²) in [6, 6.07) is -0.237. The van der Waals surface area contributed by atoms with Crippen molar-refractivity contribution in [2.75, 3.05) is 6.54 Å². The number of amides is 1. The summed E-state index contributed by atoms with van der Waals surface area (Å²) < 4.78 is 0. The Hall–Kier alpha value is -1.10. The number of nitrogens with one attached hydrogen (secondary N) is 1. The second-order valence-corrected chi connectivity index (χ2v) is 6.75. The summed E-state index contributed by atoms with van der Waals surface area (Å²) >= 11 is 0. The Kier molecular flexibility index (Phi) is 5.35. The van der Waals surface area contributed by atoms with Crippen molar-refractivity contribution in [1.29, 1.82) is 0 Å². The Morgan fingerprint density at radius 1 is 1.37 bits per heavy atom. The molecule has 1 rings (SSSR count). The zero-order chi connectivity index (χ0) is 14.6. The van der Waals surface area contributed by atoms with E-state index in [-0.39, 0.29) is 29.7 Å². The molecule has 0 spiro atoms. The SMILES string of the molecule is CC(C)(C)CC(CN)C(=O)NC(CC(=O)O)C1CC1. The molecule has 0 saturated heterocycles. The molecule has 5 heteroatoms. The molecule has 0 aromatic carbocycles. The average Bonchev–Trinajstić information content (AvgIpc) is 3.06. The molecule has 0 bridgehead atoms. The van der Waals surface area contributed by atoms with E-state index in [2.05, 4.69) is 26.1 Å². The van der Waals surface area contributed by atoms with E-state index in [1.807, 2.05) is 0 Å². The molecule has 1 aliphatic rings. The van der Waals surface area contributed by atoms with Crippen LogP contribution in [0, 0.1) is 17.3 Å². The van der Waals surface area contributed by atoms with Crippen molar-refractivity contribution in [1.82, 2.24) is 5.32 Å². The van der Waals surface area contributed by atoms with Gasteiger partial charge in [-0.3, -0.25) is 9.59 Å². The molecular formula is C14H26N2O3. The molecule has 0 radical (unpaired) electrons. The van der Waals surface area contributed by atoms with Gasteiger partial charge in [-0.2, -0.15) is 0 Å². The number of carbonyl (C=O) groups is 2. The first-order chi connectivity index (χ1) is 8.73. The molecule has 0 aromatic rings. The number of carboxylic acid groups (broad SMARTS) is 1. The minimum Gasteiger partial charge on any atom is -0.481 e. The lowest BCUT2D eigenvalue weighted by molar-refractivity contribution is -0.138. The summed E-state index contributed by atoms with van der Waals surface area (Å²) in [6.07, 6.45) is 2.72. The van der Waals surface area contributed by atoms with Gasteiger partial charge in [0.25, 0.3) is 0 Å². The maximum Gasteiger partial charge on any atom is 0.305 e. The van der Waals surface area contributed by atoms with E-state index in [0.717, 1.165) is 12.8 Å². The highest BCUT2D eigenvalue weighted by Gasteiger charge is 2.35. The van der Waals surface area contributed by atoms with Crippen LogP contribution in [-0.4, -0.2) is 29.6 Å². The summed E-state index contributed by atoms with van der Waals surface area (Å²) in [6.45, 7) is 6.50. The van der Waals surface area contributed by atoms with Crippen LogP contribution in [0.4, 0.5) is 0 Å². The van der Waals surface area contributed by atoms with Crippen LogP contribution in [0.15, 0.2) is 0 Å². The fraction of sp³-hybridized carbons (Fsp3) is 0.857. The van der Waals surface area contributed by atoms with Crippen molar-refractivity contribution in [2.24, 2.45) is 23.0 Å². The molecule has 2 atom stereocenters. The van der Waals surface area contributed by atoms with Gasteiger partial charge in [0.2, 0.25) is 5.91 Å². The van der Waals surface area contributed by atoms with Crippen LogP contribution in [0.5, 0.6) is 0 Å². The summed E-state index contributed by atoms with van der Waals surface area (Å²) in [4.78, 5) is 23.0. The Bertz CT molecular complexity index is 332. The predicted molar refractivity (Wildman–Crippen MR) is 73.5 cm³/mol. The molecule has 0 heterocycles. The highest BCUT2D eigenvalue weighted by atomic mass is 16.4. The van der Waals surface area contributed by atoms with Crippen molar-refractivity contribution < 1.29 is 14.7 Å². The number of rotatable bonds is 7. The van der Waals surface area contributed by atoms with Gasteiger partial charge in [0.05, 0.1) is 12.3 Å². The lowest BCUT2D eigenvalue weighted by Gasteiger charge is -2.26. The van der Waals surface area contributed by atoms with Gasteiger partial charge in [0.1, 0.15) is 0 Å². The Morgan fingerprint density at radius 2 is 1.95 bits per heavy atom. The monoisotopic (exact) mass is 270 g/mol. The normalized spacial score (nSPS) is 18.7. The summed E-state index contributed by atoms with van der Waals surface area (Å²) in [5.74, 6) is -0.879. The first-order valence-corrected chi connectivity index (χ1v) is 6.95. The minimum absolute atomic E-state index is 0.00319. The van der Waals surface area contributed by atoms with Crippen LogP contribution < -0.4 is 11.1 Å². The van der Waals surface area contributed by atoms with Crippen LogP contribution in [0.1, 0.15) is 46.5 Å². The van der Waals surface area contributed by atoms with Gasteiger partial charge in [-0.15, -0.1) is 0 Å². The fourth-order valence-electron chi connectivity index (χ4n) is 2.35. The minimum atomic E-state index is -0.864. The summed E-state index contributed by atoms with van der Waals surface area (Å²) in [7, 11) is 0. The topological polar surface area (TPSA) is 92.4 Å². The van der Waals surface area contributed by atoms with Crippen LogP contribution in [0.3, 0.4) is 0 Å². The van der Waals surface area contributed by atoms with Crippen LogP contribution >= 0.6 is 0 Å². The zero-order valence-electron chi connectivity index (χ0n) is 12.1. The van der Waals surface area contributed by atoms with Crippen LogP contribution in [0.25, 0.3) is 0 Å². The highest BCUT2D eigenvalue weighted by Crippen LogP contribution is 2.34. The highest BCUT2D eigenvalue weighted by molar-refractivity contribution is 5.80. The van der Waals surface area contributed by atoms with Crippen LogP contribution in [0.2, 0.25) is 0 Å². The third-order valence-corrected chi connectivity index (χ3v) is 3.43. The van der Waals surface area contributed by atoms with Gasteiger partial charge in [0.15, 0.2) is 0 Å². The third kappa shape index (κ3) is 6.05. The Morgan fingerprint density at radius 3 is 2.32 bits per heavy atom. The lowest BCUT2D eigenvalue weighted by Crippen LogP contribution is -2.44. The Labute approximate surface area is 114 Å². The molecule has 0 aliphatic heterocycles. The molecular weight excluding hydrogens is 244 g/mol. The van der Waals surface area contributed by atoms with E-state index in [1.165, 1.54) is 0 Å². The predicted octanol–water partition coefficient (Wildman–Crippen LogP) is 1.37. The van der Waals surface area contributed by atoms with Gasteiger partial charge in [0, 0.05) is 12.6 Å². The van der Waals surface area contributed by atoms with Gasteiger partial charge in [-0.25, -0.2) is 0 Å². The molecule has 1 aliphatic carbocycles. The summed E-state index contributed by atoms with van der Waals surface area (Å²) in [5, 5.41) is 11.8. The first-order valence-electron chi connectivity index (χ1n) is 6.95. The van der Waals surface area contributed by atoms with Gasteiger partial charge < -0.3 is 16.2 Å². The molecule has 5 nitrogen and oxygen atoms in total. The maximum atomic E-state index is 12.2. The maximum absolute atomic E-state index is 12.2. The number of hydrogen-bond donors (Lipinski definition) is 3. The van der Waals surface area contributed by atoms with E-state index in [9.17, 15) is 9.59 Å². The second kappa shape index (κ2) is 6.37. The van der Waals surface area contributed by atoms with Crippen molar-refractivity contribution in [3.05, 3.63) is 0 Å². The number of nitrogens with two attached hydrogens (primary N) is 1. The standard InChI is InChI=1S/C14H26N2O3/c1-14(2,3)7-10(8-15)13(19)16-11(6-12(17)18)9-4-5-9/h9-11H,4-8,15H2,1-3H3,(H,16,19)(H,17,18). The first kappa shape index (κ1) is 16.0. The van der Waals surface area contributed by atoms with Crippen molar-refractivity contribution in [3.8, 4) is 0 Å². The van der Waals surface area contributed by atoms with Crippen molar-refractivity contribution in [3.63, 3.8) is 0 Å². The molecule has 110 valence electrons. The van der Waals surface area contributed by atoms with E-state index < -0.39 is 5.97 Å². The van der Waals surface area contributed by atoms with Gasteiger partial charge in [-0.05, 0) is 30.6 Å². The smallest absolute Gasteiger partial charge is 0.305 e. The van der Waals surface area contributed by atoms with E-state index >= 15 is 0 Å². The largest absolute Gasteiger partial charge is 0.481 e. The summed E-state index contributed by atoms with van der Waals surface area (Å²) in [5.41, 5.74) is 5.70. The van der Waals surface area contributed by atoms with Gasteiger partial charge in [-0.1, -0.05) is 20.8 Å². The molecule has 0 aromatic heterocycles.